The number of hydrogen-bond acceptors (Lipinski definition) is 5. The number of nitrogen functional groups attached to an aromatic ring is 1. The fraction of sp³-hybridized carbons (Fsp3) is 0.385. The number of hydrogen-bond donors (Lipinski definition) is 2. The molecule has 0 aliphatic heterocycles. The Morgan fingerprint density at radius 1 is 1.58 bits per heavy atom. The standard InChI is InChI=1S/C13H17N3O2S/c1-7(2)6-15-13(17)9-10(16-18-12(9)14)11-8(3)4-5-19-11/h4-5,7H,6,14H2,1-3H3,(H,15,17). The van der Waals surface area contributed by atoms with Crippen LogP contribution in [0.2, 0.25) is 0 Å². The smallest absolute Gasteiger partial charge is 0.259 e. The van der Waals surface area contributed by atoms with Gasteiger partial charge in [0, 0.05) is 6.54 Å². The molecule has 2 aromatic rings. The summed E-state index contributed by atoms with van der Waals surface area (Å²) in [5.41, 5.74) is 7.62. The molecule has 0 unspecified atom stereocenters. The van der Waals surface area contributed by atoms with Crippen molar-refractivity contribution in [2.24, 2.45) is 5.92 Å². The van der Waals surface area contributed by atoms with Gasteiger partial charge in [0.2, 0.25) is 5.88 Å². The van der Waals surface area contributed by atoms with Gasteiger partial charge in [0.15, 0.2) is 0 Å². The second-order valence-corrected chi connectivity index (χ2v) is 5.72. The van der Waals surface area contributed by atoms with Gasteiger partial charge in [-0.2, -0.15) is 0 Å². The number of aromatic nitrogens is 1. The van der Waals surface area contributed by atoms with E-state index in [1.54, 1.807) is 0 Å². The molecule has 0 saturated heterocycles. The summed E-state index contributed by atoms with van der Waals surface area (Å²) in [6.07, 6.45) is 0. The van der Waals surface area contributed by atoms with Gasteiger partial charge >= 0.3 is 0 Å². The lowest BCUT2D eigenvalue weighted by molar-refractivity contribution is 0.0950. The number of nitrogens with one attached hydrogen (secondary N) is 1. The van der Waals surface area contributed by atoms with Crippen LogP contribution in [0.5, 0.6) is 0 Å². The molecule has 2 heterocycles. The van der Waals surface area contributed by atoms with Gasteiger partial charge in [-0.3, -0.25) is 4.79 Å². The van der Waals surface area contributed by atoms with E-state index < -0.39 is 0 Å². The zero-order chi connectivity index (χ0) is 14.0. The topological polar surface area (TPSA) is 81.2 Å². The molecule has 102 valence electrons. The average Bonchev–Trinajstić information content (AvgIpc) is 2.92. The van der Waals surface area contributed by atoms with Crippen LogP contribution in [-0.2, 0) is 0 Å². The Kier molecular flexibility index (Phi) is 3.90. The van der Waals surface area contributed by atoms with Crippen molar-refractivity contribution in [2.75, 3.05) is 12.3 Å². The SMILES string of the molecule is Cc1ccsc1-c1noc(N)c1C(=O)NCC(C)C. The molecule has 2 rings (SSSR count). The number of aryl methyl sites for hydroxylation is 1. The van der Waals surface area contributed by atoms with Gasteiger partial charge in [-0.15, -0.1) is 11.3 Å². The molecule has 2 aromatic heterocycles. The van der Waals surface area contributed by atoms with Gasteiger partial charge < -0.3 is 15.6 Å². The maximum atomic E-state index is 12.2. The van der Waals surface area contributed by atoms with Crippen LogP contribution in [0.3, 0.4) is 0 Å². The van der Waals surface area contributed by atoms with Gasteiger partial charge in [0.1, 0.15) is 11.3 Å². The Labute approximate surface area is 115 Å². The Hall–Kier alpha value is -1.82. The van der Waals surface area contributed by atoms with Crippen LogP contribution in [0.15, 0.2) is 16.0 Å². The van der Waals surface area contributed by atoms with E-state index in [1.165, 1.54) is 11.3 Å². The number of nitrogens with two attached hydrogens (primary N) is 1. The zero-order valence-electron chi connectivity index (χ0n) is 11.2. The fourth-order valence-corrected chi connectivity index (χ4v) is 2.59. The summed E-state index contributed by atoms with van der Waals surface area (Å²) in [5.74, 6) is 0.191. The average molecular weight is 279 g/mol. The Morgan fingerprint density at radius 2 is 2.32 bits per heavy atom. The molecule has 5 nitrogen and oxygen atoms in total. The van der Waals surface area contributed by atoms with Crippen molar-refractivity contribution in [2.45, 2.75) is 20.8 Å². The van der Waals surface area contributed by atoms with E-state index in [4.69, 9.17) is 10.3 Å². The molecule has 19 heavy (non-hydrogen) atoms. The highest BCUT2D eigenvalue weighted by molar-refractivity contribution is 7.13. The summed E-state index contributed by atoms with van der Waals surface area (Å²) in [7, 11) is 0. The minimum atomic E-state index is -0.241. The lowest BCUT2D eigenvalue weighted by Gasteiger charge is -2.07. The van der Waals surface area contributed by atoms with Crippen LogP contribution >= 0.6 is 11.3 Å². The lowest BCUT2D eigenvalue weighted by atomic mass is 10.1. The molecule has 0 aliphatic carbocycles. The summed E-state index contributed by atoms with van der Waals surface area (Å²) in [6.45, 7) is 6.61. The molecule has 0 aromatic carbocycles. The van der Waals surface area contributed by atoms with Gasteiger partial charge in [-0.1, -0.05) is 19.0 Å². The van der Waals surface area contributed by atoms with E-state index in [9.17, 15) is 4.79 Å². The molecule has 0 atom stereocenters. The van der Waals surface area contributed by atoms with E-state index in [1.807, 2.05) is 32.2 Å². The maximum absolute atomic E-state index is 12.2. The third-order valence-corrected chi connectivity index (χ3v) is 3.72. The summed E-state index contributed by atoms with van der Waals surface area (Å²) in [4.78, 5) is 13.1. The van der Waals surface area contributed by atoms with Crippen molar-refractivity contribution in [1.82, 2.24) is 10.5 Å². The van der Waals surface area contributed by atoms with Gasteiger partial charge in [-0.25, -0.2) is 0 Å². The first-order chi connectivity index (χ1) is 9.00. The second-order valence-electron chi connectivity index (χ2n) is 4.81. The zero-order valence-corrected chi connectivity index (χ0v) is 12.0. The number of anilines is 1. The van der Waals surface area contributed by atoms with E-state index in [0.717, 1.165) is 10.4 Å². The molecular formula is C13H17N3O2S. The van der Waals surface area contributed by atoms with Crippen molar-refractivity contribution >= 4 is 23.1 Å². The summed E-state index contributed by atoms with van der Waals surface area (Å²) < 4.78 is 4.98. The number of carbonyl (C=O) groups is 1. The normalized spacial score (nSPS) is 10.9. The summed E-state index contributed by atoms with van der Waals surface area (Å²) in [5, 5.41) is 8.70. The lowest BCUT2D eigenvalue weighted by Crippen LogP contribution is -2.28. The van der Waals surface area contributed by atoms with E-state index >= 15 is 0 Å². The molecule has 6 heteroatoms. The van der Waals surface area contributed by atoms with Crippen LogP contribution in [0, 0.1) is 12.8 Å². The third kappa shape index (κ3) is 2.78. The van der Waals surface area contributed by atoms with Crippen molar-refractivity contribution in [1.29, 1.82) is 0 Å². The minimum absolute atomic E-state index is 0.0593. The number of thiophene rings is 1. The highest BCUT2D eigenvalue weighted by Crippen LogP contribution is 2.33. The number of carbonyl (C=O) groups excluding carboxylic acids is 1. The Balaban J connectivity index is 2.33. The summed E-state index contributed by atoms with van der Waals surface area (Å²) >= 11 is 1.51. The highest BCUT2D eigenvalue weighted by Gasteiger charge is 2.24. The molecule has 0 spiro atoms. The van der Waals surface area contributed by atoms with Crippen LogP contribution in [0.4, 0.5) is 5.88 Å². The summed E-state index contributed by atoms with van der Waals surface area (Å²) in [6, 6.07) is 1.97. The number of rotatable bonds is 4. The molecule has 0 fully saturated rings. The van der Waals surface area contributed by atoms with Crippen molar-refractivity contribution in [3.05, 3.63) is 22.6 Å². The second kappa shape index (κ2) is 5.44. The predicted molar refractivity (Wildman–Crippen MR) is 76.1 cm³/mol. The largest absolute Gasteiger partial charge is 0.367 e. The van der Waals surface area contributed by atoms with E-state index in [2.05, 4.69) is 10.5 Å². The minimum Gasteiger partial charge on any atom is -0.367 e. The Bertz CT molecular complexity index is 586. The van der Waals surface area contributed by atoms with Gasteiger partial charge in [-0.05, 0) is 29.9 Å². The van der Waals surface area contributed by atoms with Crippen LogP contribution < -0.4 is 11.1 Å². The van der Waals surface area contributed by atoms with Crippen molar-refractivity contribution in [3.63, 3.8) is 0 Å². The molecular weight excluding hydrogens is 262 g/mol. The molecule has 1 amide bonds. The van der Waals surface area contributed by atoms with Crippen LogP contribution in [0.25, 0.3) is 10.6 Å². The first kappa shape index (κ1) is 13.6. The van der Waals surface area contributed by atoms with E-state index in [-0.39, 0.29) is 11.8 Å². The highest BCUT2D eigenvalue weighted by atomic mass is 32.1. The predicted octanol–water partition coefficient (Wildman–Crippen LogP) is 2.68. The third-order valence-electron chi connectivity index (χ3n) is 2.69. The van der Waals surface area contributed by atoms with Gasteiger partial charge in [0.25, 0.3) is 5.91 Å². The maximum Gasteiger partial charge on any atom is 0.259 e. The van der Waals surface area contributed by atoms with Crippen LogP contribution in [-0.4, -0.2) is 17.6 Å². The fourth-order valence-electron chi connectivity index (χ4n) is 1.68. The van der Waals surface area contributed by atoms with Gasteiger partial charge in [0.05, 0.1) is 4.88 Å². The number of nitrogens with zero attached hydrogens (tertiary/aromatic N) is 1. The Morgan fingerprint density at radius 3 is 2.89 bits per heavy atom. The number of amides is 1. The quantitative estimate of drug-likeness (QED) is 0.901. The first-order valence-electron chi connectivity index (χ1n) is 6.08. The first-order valence-corrected chi connectivity index (χ1v) is 6.96. The molecule has 0 bridgehead atoms. The molecule has 0 radical (unpaired) electrons. The van der Waals surface area contributed by atoms with Crippen molar-refractivity contribution < 1.29 is 9.32 Å². The van der Waals surface area contributed by atoms with Crippen LogP contribution in [0.1, 0.15) is 29.8 Å². The molecule has 3 N–H and O–H groups in total. The molecule has 0 saturated carbocycles. The van der Waals surface area contributed by atoms with E-state index in [0.29, 0.717) is 23.7 Å². The molecule has 0 aliphatic rings. The monoisotopic (exact) mass is 279 g/mol. The van der Waals surface area contributed by atoms with Crippen molar-refractivity contribution in [3.8, 4) is 10.6 Å².